The van der Waals surface area contributed by atoms with Crippen LogP contribution >= 0.6 is 11.6 Å². The first kappa shape index (κ1) is 19.0. The van der Waals surface area contributed by atoms with Crippen molar-refractivity contribution < 1.29 is 13.2 Å². The van der Waals surface area contributed by atoms with E-state index in [0.717, 1.165) is 0 Å². The fraction of sp³-hybridized carbons (Fsp3) is 0.105. The summed E-state index contributed by atoms with van der Waals surface area (Å²) in [6.45, 7) is -0.119. The minimum atomic E-state index is -3.78. The van der Waals surface area contributed by atoms with Crippen LogP contribution in [0.2, 0.25) is 5.02 Å². The Morgan fingerprint density at radius 2 is 1.81 bits per heavy atom. The van der Waals surface area contributed by atoms with Gasteiger partial charge in [0.05, 0.1) is 4.90 Å². The second-order valence-corrected chi connectivity index (χ2v) is 8.27. The lowest BCUT2D eigenvalue weighted by atomic mass is 10.2. The molecule has 2 aromatic heterocycles. The molecule has 27 heavy (non-hydrogen) atoms. The largest absolute Gasteiger partial charge is 0.349 e. The van der Waals surface area contributed by atoms with Crippen molar-refractivity contribution in [3.05, 3.63) is 89.5 Å². The Kier molecular flexibility index (Phi) is 5.83. The highest BCUT2D eigenvalue weighted by molar-refractivity contribution is 7.91. The van der Waals surface area contributed by atoms with E-state index >= 15 is 0 Å². The van der Waals surface area contributed by atoms with Gasteiger partial charge in [0.15, 0.2) is 9.84 Å². The number of aromatic nitrogens is 2. The van der Waals surface area contributed by atoms with Crippen LogP contribution in [0.15, 0.2) is 78.1 Å². The van der Waals surface area contributed by atoms with E-state index in [9.17, 15) is 13.2 Å². The standard InChI is InChI=1S/C19H16ClN3O3S/c20-15-6-8-16(9-7-15)27(25,26)18(14-4-3-10-21-12-14)13-23-19(24)17-5-1-2-11-22-17/h1-12,18H,13H2,(H,23,24). The number of pyridine rings is 2. The maximum Gasteiger partial charge on any atom is 0.269 e. The predicted molar refractivity (Wildman–Crippen MR) is 102 cm³/mol. The highest BCUT2D eigenvalue weighted by Crippen LogP contribution is 2.29. The van der Waals surface area contributed by atoms with Crippen LogP contribution in [-0.2, 0) is 9.84 Å². The Labute approximate surface area is 162 Å². The van der Waals surface area contributed by atoms with E-state index < -0.39 is 21.0 Å². The molecule has 0 fully saturated rings. The molecule has 2 heterocycles. The third-order valence-electron chi connectivity index (χ3n) is 3.92. The smallest absolute Gasteiger partial charge is 0.269 e. The molecular formula is C19H16ClN3O3S. The summed E-state index contributed by atoms with van der Waals surface area (Å²) in [6.07, 6.45) is 4.53. The zero-order chi connectivity index (χ0) is 19.3. The lowest BCUT2D eigenvalue weighted by Crippen LogP contribution is -2.32. The van der Waals surface area contributed by atoms with Crippen molar-refractivity contribution in [3.8, 4) is 0 Å². The van der Waals surface area contributed by atoms with E-state index in [-0.39, 0.29) is 17.1 Å². The molecule has 3 rings (SSSR count). The van der Waals surface area contributed by atoms with E-state index in [4.69, 9.17) is 11.6 Å². The van der Waals surface area contributed by atoms with E-state index in [1.165, 1.54) is 36.7 Å². The highest BCUT2D eigenvalue weighted by Gasteiger charge is 2.30. The Balaban J connectivity index is 1.90. The van der Waals surface area contributed by atoms with Crippen LogP contribution in [0, 0.1) is 0 Å². The number of amides is 1. The number of carbonyl (C=O) groups excluding carboxylic acids is 1. The van der Waals surface area contributed by atoms with Gasteiger partial charge in [0.1, 0.15) is 10.9 Å². The third kappa shape index (κ3) is 4.50. The van der Waals surface area contributed by atoms with Crippen molar-refractivity contribution in [2.24, 2.45) is 0 Å². The first-order valence-corrected chi connectivity index (χ1v) is 9.99. The summed E-state index contributed by atoms with van der Waals surface area (Å²) in [5.74, 6) is -0.448. The summed E-state index contributed by atoms with van der Waals surface area (Å²) < 4.78 is 26.3. The van der Waals surface area contributed by atoms with Crippen LogP contribution in [-0.4, -0.2) is 30.8 Å². The molecule has 1 atom stereocenters. The minimum absolute atomic E-state index is 0.118. The molecule has 1 N–H and O–H groups in total. The third-order valence-corrected chi connectivity index (χ3v) is 6.29. The number of hydrogen-bond donors (Lipinski definition) is 1. The molecule has 0 aliphatic heterocycles. The predicted octanol–water partition coefficient (Wildman–Crippen LogP) is 3.08. The summed E-state index contributed by atoms with van der Waals surface area (Å²) in [7, 11) is -3.78. The van der Waals surface area contributed by atoms with Crippen LogP contribution in [0.25, 0.3) is 0 Å². The molecule has 0 saturated heterocycles. The monoisotopic (exact) mass is 401 g/mol. The maximum absolute atomic E-state index is 13.2. The number of benzene rings is 1. The zero-order valence-corrected chi connectivity index (χ0v) is 15.7. The van der Waals surface area contributed by atoms with E-state index in [2.05, 4.69) is 15.3 Å². The van der Waals surface area contributed by atoms with Gasteiger partial charge in [0.25, 0.3) is 5.91 Å². The van der Waals surface area contributed by atoms with Crippen LogP contribution in [0.3, 0.4) is 0 Å². The first-order valence-electron chi connectivity index (χ1n) is 8.07. The van der Waals surface area contributed by atoms with E-state index in [0.29, 0.717) is 10.6 Å². The highest BCUT2D eigenvalue weighted by atomic mass is 35.5. The molecule has 138 valence electrons. The summed E-state index contributed by atoms with van der Waals surface area (Å²) in [4.78, 5) is 20.4. The lowest BCUT2D eigenvalue weighted by molar-refractivity contribution is 0.0948. The Morgan fingerprint density at radius 3 is 2.44 bits per heavy atom. The van der Waals surface area contributed by atoms with Gasteiger partial charge in [0, 0.05) is 30.2 Å². The first-order chi connectivity index (χ1) is 13.0. The fourth-order valence-corrected chi connectivity index (χ4v) is 4.31. The Morgan fingerprint density at radius 1 is 1.04 bits per heavy atom. The van der Waals surface area contributed by atoms with Crippen LogP contribution in [0.4, 0.5) is 0 Å². The SMILES string of the molecule is O=C(NCC(c1cccnc1)S(=O)(=O)c1ccc(Cl)cc1)c1ccccn1. The van der Waals surface area contributed by atoms with Crippen molar-refractivity contribution in [1.82, 2.24) is 15.3 Å². The normalized spacial score (nSPS) is 12.3. The molecule has 1 amide bonds. The summed E-state index contributed by atoms with van der Waals surface area (Å²) in [5.41, 5.74) is 0.695. The number of sulfone groups is 1. The van der Waals surface area contributed by atoms with Crippen molar-refractivity contribution >= 4 is 27.3 Å². The van der Waals surface area contributed by atoms with Crippen LogP contribution < -0.4 is 5.32 Å². The number of carbonyl (C=O) groups is 1. The maximum atomic E-state index is 13.2. The van der Waals surface area contributed by atoms with Gasteiger partial charge < -0.3 is 5.32 Å². The number of nitrogens with one attached hydrogen (secondary N) is 1. The van der Waals surface area contributed by atoms with Crippen molar-refractivity contribution in [2.75, 3.05) is 6.54 Å². The van der Waals surface area contributed by atoms with Crippen molar-refractivity contribution in [3.63, 3.8) is 0 Å². The number of nitrogens with zero attached hydrogens (tertiary/aromatic N) is 2. The summed E-state index contributed by atoms with van der Waals surface area (Å²) >= 11 is 5.86. The topological polar surface area (TPSA) is 89.0 Å². The molecule has 0 aliphatic rings. The number of halogens is 1. The van der Waals surface area contributed by atoms with Crippen LogP contribution in [0.5, 0.6) is 0 Å². The van der Waals surface area contributed by atoms with Gasteiger partial charge in [-0.3, -0.25) is 14.8 Å². The number of hydrogen-bond acceptors (Lipinski definition) is 5. The molecule has 8 heteroatoms. The molecule has 0 radical (unpaired) electrons. The van der Waals surface area contributed by atoms with E-state index in [1.54, 1.807) is 36.5 Å². The lowest BCUT2D eigenvalue weighted by Gasteiger charge is -2.18. The molecule has 0 aliphatic carbocycles. The van der Waals surface area contributed by atoms with Gasteiger partial charge in [-0.25, -0.2) is 8.42 Å². The minimum Gasteiger partial charge on any atom is -0.349 e. The molecule has 3 aromatic rings. The van der Waals surface area contributed by atoms with Gasteiger partial charge in [0.2, 0.25) is 0 Å². The molecular weight excluding hydrogens is 386 g/mol. The fourth-order valence-electron chi connectivity index (χ4n) is 2.53. The average molecular weight is 402 g/mol. The molecule has 0 saturated carbocycles. The summed E-state index contributed by atoms with van der Waals surface area (Å²) in [6, 6.07) is 14.2. The van der Waals surface area contributed by atoms with Crippen LogP contribution in [0.1, 0.15) is 21.3 Å². The molecule has 1 aromatic carbocycles. The van der Waals surface area contributed by atoms with Gasteiger partial charge in [-0.1, -0.05) is 23.7 Å². The number of rotatable bonds is 6. The zero-order valence-electron chi connectivity index (χ0n) is 14.1. The average Bonchev–Trinajstić information content (AvgIpc) is 2.69. The second kappa shape index (κ2) is 8.28. The quantitative estimate of drug-likeness (QED) is 0.685. The molecule has 0 spiro atoms. The molecule has 6 nitrogen and oxygen atoms in total. The Bertz CT molecular complexity index is 1010. The van der Waals surface area contributed by atoms with Crippen molar-refractivity contribution in [1.29, 1.82) is 0 Å². The van der Waals surface area contributed by atoms with Gasteiger partial charge in [-0.2, -0.15) is 0 Å². The van der Waals surface area contributed by atoms with Gasteiger partial charge in [-0.05, 0) is 48.0 Å². The Hall–Kier alpha value is -2.77. The molecule has 0 bridgehead atoms. The van der Waals surface area contributed by atoms with Gasteiger partial charge in [-0.15, -0.1) is 0 Å². The van der Waals surface area contributed by atoms with E-state index in [1.807, 2.05) is 0 Å². The van der Waals surface area contributed by atoms with Gasteiger partial charge >= 0.3 is 0 Å². The summed E-state index contributed by atoms with van der Waals surface area (Å²) in [5, 5.41) is 2.09. The second-order valence-electron chi connectivity index (χ2n) is 5.70. The van der Waals surface area contributed by atoms with Crippen molar-refractivity contribution in [2.45, 2.75) is 10.1 Å². The molecule has 1 unspecified atom stereocenters.